The zero-order chi connectivity index (χ0) is 7.73. The van der Waals surface area contributed by atoms with Gasteiger partial charge >= 0.3 is 0 Å². The van der Waals surface area contributed by atoms with Crippen LogP contribution in [0.15, 0.2) is 0 Å². The first-order chi connectivity index (χ1) is 5.33. The Morgan fingerprint density at radius 3 is 2.91 bits per heavy atom. The summed E-state index contributed by atoms with van der Waals surface area (Å²) in [6.07, 6.45) is 1.30. The summed E-state index contributed by atoms with van der Waals surface area (Å²) in [5.41, 5.74) is -0.00174. The molecular formula is C8H15NO2. The van der Waals surface area contributed by atoms with Crippen LogP contribution in [0, 0.1) is 0 Å². The van der Waals surface area contributed by atoms with Crippen molar-refractivity contribution >= 4 is 0 Å². The maximum absolute atomic E-state index is 5.75. The van der Waals surface area contributed by atoms with E-state index in [9.17, 15) is 0 Å². The van der Waals surface area contributed by atoms with Gasteiger partial charge < -0.3 is 14.8 Å². The van der Waals surface area contributed by atoms with E-state index in [0.717, 1.165) is 32.7 Å². The standard InChI is InChI=1S/C8H15NO2/c1-7-8(2-4-10-7)6-9-3-5-11-8/h7,9H,2-6H2,1H3. The van der Waals surface area contributed by atoms with Gasteiger partial charge in [-0.25, -0.2) is 0 Å². The fourth-order valence-corrected chi connectivity index (χ4v) is 1.86. The summed E-state index contributed by atoms with van der Waals surface area (Å²) in [6.45, 7) is 5.71. The predicted molar refractivity (Wildman–Crippen MR) is 41.6 cm³/mol. The van der Waals surface area contributed by atoms with Gasteiger partial charge in [0.2, 0.25) is 0 Å². The molecule has 2 saturated heterocycles. The van der Waals surface area contributed by atoms with Gasteiger partial charge in [0.05, 0.1) is 12.7 Å². The van der Waals surface area contributed by atoms with Crippen LogP contribution in [0.4, 0.5) is 0 Å². The van der Waals surface area contributed by atoms with Gasteiger partial charge in [0, 0.05) is 26.1 Å². The molecule has 11 heavy (non-hydrogen) atoms. The van der Waals surface area contributed by atoms with Crippen LogP contribution in [0.3, 0.4) is 0 Å². The Morgan fingerprint density at radius 2 is 2.36 bits per heavy atom. The second-order valence-corrected chi connectivity index (χ2v) is 3.35. The monoisotopic (exact) mass is 157 g/mol. The largest absolute Gasteiger partial charge is 0.375 e. The van der Waals surface area contributed by atoms with Crippen LogP contribution < -0.4 is 5.32 Å². The average Bonchev–Trinajstić information content (AvgIpc) is 2.36. The molecule has 2 heterocycles. The SMILES string of the molecule is CC1OCCC12CNCCO2. The molecule has 2 fully saturated rings. The molecule has 0 aromatic heterocycles. The number of hydrogen-bond acceptors (Lipinski definition) is 3. The van der Waals surface area contributed by atoms with Crippen molar-refractivity contribution in [2.75, 3.05) is 26.3 Å². The van der Waals surface area contributed by atoms with Gasteiger partial charge in [0.1, 0.15) is 5.60 Å². The molecule has 0 aliphatic carbocycles. The number of rotatable bonds is 0. The molecule has 0 aromatic carbocycles. The third-order valence-electron chi connectivity index (χ3n) is 2.73. The van der Waals surface area contributed by atoms with Crippen LogP contribution in [0.2, 0.25) is 0 Å². The molecule has 0 bridgehead atoms. The highest BCUT2D eigenvalue weighted by molar-refractivity contribution is 4.95. The predicted octanol–water partition coefficient (Wildman–Crippen LogP) is 0.154. The lowest BCUT2D eigenvalue weighted by atomic mass is 9.95. The summed E-state index contributed by atoms with van der Waals surface area (Å²) >= 11 is 0. The summed E-state index contributed by atoms with van der Waals surface area (Å²) in [7, 11) is 0. The zero-order valence-electron chi connectivity index (χ0n) is 6.93. The van der Waals surface area contributed by atoms with Gasteiger partial charge in [-0.3, -0.25) is 0 Å². The van der Waals surface area contributed by atoms with Crippen molar-refractivity contribution in [3.63, 3.8) is 0 Å². The summed E-state index contributed by atoms with van der Waals surface area (Å²) < 4.78 is 11.2. The Morgan fingerprint density at radius 1 is 1.45 bits per heavy atom. The topological polar surface area (TPSA) is 30.5 Å². The highest BCUT2D eigenvalue weighted by Crippen LogP contribution is 2.30. The van der Waals surface area contributed by atoms with E-state index in [1.54, 1.807) is 0 Å². The molecule has 64 valence electrons. The van der Waals surface area contributed by atoms with Gasteiger partial charge in [0.25, 0.3) is 0 Å². The molecule has 1 spiro atoms. The number of nitrogens with one attached hydrogen (secondary N) is 1. The van der Waals surface area contributed by atoms with E-state index >= 15 is 0 Å². The van der Waals surface area contributed by atoms with Crippen molar-refractivity contribution in [3.05, 3.63) is 0 Å². The van der Waals surface area contributed by atoms with Crippen molar-refractivity contribution < 1.29 is 9.47 Å². The summed E-state index contributed by atoms with van der Waals surface area (Å²) in [6, 6.07) is 0. The third kappa shape index (κ3) is 1.17. The molecule has 3 heteroatoms. The van der Waals surface area contributed by atoms with Gasteiger partial charge in [-0.15, -0.1) is 0 Å². The first-order valence-corrected chi connectivity index (χ1v) is 4.30. The smallest absolute Gasteiger partial charge is 0.109 e. The van der Waals surface area contributed by atoms with E-state index in [2.05, 4.69) is 12.2 Å². The Hall–Kier alpha value is -0.120. The van der Waals surface area contributed by atoms with E-state index in [4.69, 9.17) is 9.47 Å². The van der Waals surface area contributed by atoms with E-state index in [1.807, 2.05) is 0 Å². The molecule has 0 amide bonds. The summed E-state index contributed by atoms with van der Waals surface area (Å²) in [4.78, 5) is 0. The van der Waals surface area contributed by atoms with Crippen LogP contribution in [0.25, 0.3) is 0 Å². The van der Waals surface area contributed by atoms with Gasteiger partial charge in [-0.1, -0.05) is 0 Å². The molecule has 2 atom stereocenters. The van der Waals surface area contributed by atoms with Crippen molar-refractivity contribution in [2.45, 2.75) is 25.0 Å². The first kappa shape index (κ1) is 7.53. The summed E-state index contributed by atoms with van der Waals surface area (Å²) in [5, 5.41) is 3.34. The quantitative estimate of drug-likeness (QED) is 0.543. The Kier molecular flexibility index (Phi) is 1.87. The lowest BCUT2D eigenvalue weighted by Crippen LogP contribution is -2.53. The lowest BCUT2D eigenvalue weighted by Gasteiger charge is -2.36. The molecular weight excluding hydrogens is 142 g/mol. The number of ether oxygens (including phenoxy) is 2. The summed E-state index contributed by atoms with van der Waals surface area (Å²) in [5.74, 6) is 0. The van der Waals surface area contributed by atoms with E-state index < -0.39 is 0 Å². The fourth-order valence-electron chi connectivity index (χ4n) is 1.86. The molecule has 2 aliphatic heterocycles. The molecule has 2 aliphatic rings. The second kappa shape index (κ2) is 2.73. The maximum Gasteiger partial charge on any atom is 0.109 e. The van der Waals surface area contributed by atoms with Crippen LogP contribution in [-0.2, 0) is 9.47 Å². The Balaban J connectivity index is 2.06. The van der Waals surface area contributed by atoms with E-state index in [0.29, 0.717) is 0 Å². The van der Waals surface area contributed by atoms with Gasteiger partial charge in [-0.2, -0.15) is 0 Å². The van der Waals surface area contributed by atoms with E-state index in [1.165, 1.54) is 0 Å². The molecule has 3 nitrogen and oxygen atoms in total. The fraction of sp³-hybridized carbons (Fsp3) is 1.00. The number of morpholine rings is 1. The highest BCUT2D eigenvalue weighted by atomic mass is 16.6. The third-order valence-corrected chi connectivity index (χ3v) is 2.73. The molecule has 0 radical (unpaired) electrons. The van der Waals surface area contributed by atoms with Gasteiger partial charge in [0.15, 0.2) is 0 Å². The minimum absolute atomic E-state index is 0.00174. The zero-order valence-corrected chi connectivity index (χ0v) is 6.93. The Labute approximate surface area is 67.1 Å². The minimum Gasteiger partial charge on any atom is -0.375 e. The number of hydrogen-bond donors (Lipinski definition) is 1. The van der Waals surface area contributed by atoms with E-state index in [-0.39, 0.29) is 11.7 Å². The van der Waals surface area contributed by atoms with Crippen molar-refractivity contribution in [1.29, 1.82) is 0 Å². The Bertz CT molecular complexity index is 143. The first-order valence-electron chi connectivity index (χ1n) is 4.30. The molecule has 2 rings (SSSR count). The van der Waals surface area contributed by atoms with Crippen LogP contribution >= 0.6 is 0 Å². The molecule has 2 unspecified atom stereocenters. The van der Waals surface area contributed by atoms with Crippen molar-refractivity contribution in [2.24, 2.45) is 0 Å². The van der Waals surface area contributed by atoms with Crippen molar-refractivity contribution in [3.8, 4) is 0 Å². The normalized spacial score (nSPS) is 45.0. The van der Waals surface area contributed by atoms with Crippen molar-refractivity contribution in [1.82, 2.24) is 5.32 Å². The van der Waals surface area contributed by atoms with Crippen LogP contribution in [0.1, 0.15) is 13.3 Å². The molecule has 0 aromatic rings. The van der Waals surface area contributed by atoms with Crippen LogP contribution in [-0.4, -0.2) is 38.0 Å². The minimum atomic E-state index is -0.00174. The maximum atomic E-state index is 5.75. The lowest BCUT2D eigenvalue weighted by molar-refractivity contribution is -0.0999. The average molecular weight is 157 g/mol. The molecule has 0 saturated carbocycles. The van der Waals surface area contributed by atoms with Gasteiger partial charge in [-0.05, 0) is 6.92 Å². The highest BCUT2D eigenvalue weighted by Gasteiger charge is 2.43. The molecule has 1 N–H and O–H groups in total. The van der Waals surface area contributed by atoms with Crippen LogP contribution in [0.5, 0.6) is 0 Å². The second-order valence-electron chi connectivity index (χ2n) is 3.35.